The topological polar surface area (TPSA) is 36.4 Å². The molecule has 2 aromatic rings. The first-order valence-electron chi connectivity index (χ1n) is 7.96. The zero-order valence-corrected chi connectivity index (χ0v) is 13.8. The summed E-state index contributed by atoms with van der Waals surface area (Å²) in [5.74, 6) is 0.940. The number of hydrogen-bond acceptors (Lipinski definition) is 2. The maximum atomic E-state index is 4.75. The van der Waals surface area contributed by atoms with Gasteiger partial charge >= 0.3 is 0 Å². The quantitative estimate of drug-likeness (QED) is 0.629. The van der Waals surface area contributed by atoms with Crippen LogP contribution in [0, 0.1) is 0 Å². The van der Waals surface area contributed by atoms with Crippen LogP contribution < -0.4 is 10.6 Å². The van der Waals surface area contributed by atoms with Crippen molar-refractivity contribution in [3.05, 3.63) is 58.3 Å². The van der Waals surface area contributed by atoms with Crippen LogP contribution in [0.25, 0.3) is 0 Å². The van der Waals surface area contributed by atoms with Gasteiger partial charge in [0.25, 0.3) is 0 Å². The molecule has 22 heavy (non-hydrogen) atoms. The van der Waals surface area contributed by atoms with Crippen LogP contribution in [-0.2, 0) is 6.42 Å². The average Bonchev–Trinajstić information content (AvgIpc) is 3.20. The molecule has 1 saturated carbocycles. The fourth-order valence-corrected chi connectivity index (χ4v) is 3.02. The lowest BCUT2D eigenvalue weighted by molar-refractivity contribution is 0.680. The zero-order chi connectivity index (χ0) is 15.2. The van der Waals surface area contributed by atoms with Gasteiger partial charge in [0.2, 0.25) is 0 Å². The molecule has 1 aliphatic carbocycles. The van der Waals surface area contributed by atoms with Gasteiger partial charge in [-0.15, -0.1) is 11.3 Å². The van der Waals surface area contributed by atoms with E-state index in [1.807, 2.05) is 0 Å². The van der Waals surface area contributed by atoms with Crippen molar-refractivity contribution in [1.29, 1.82) is 0 Å². The standard InChI is InChI=1S/C18H23N3S/c1-14(15-6-3-2-4-7-15)20-18(21-16-9-10-16)19-12-11-17-8-5-13-22-17/h2-8,13-14,16H,9-12H2,1H3,(H2,19,20,21). The number of nitrogens with one attached hydrogen (secondary N) is 2. The number of thiophene rings is 1. The molecule has 1 aromatic carbocycles. The Hall–Kier alpha value is -1.81. The summed E-state index contributed by atoms with van der Waals surface area (Å²) in [5.41, 5.74) is 1.28. The van der Waals surface area contributed by atoms with Crippen molar-refractivity contribution in [1.82, 2.24) is 10.6 Å². The molecule has 1 fully saturated rings. The SMILES string of the molecule is CC(NC(=NCCc1cccs1)NC1CC1)c1ccccc1. The molecule has 1 aliphatic rings. The summed E-state index contributed by atoms with van der Waals surface area (Å²) in [6, 6.07) is 15.6. The van der Waals surface area contributed by atoms with Gasteiger partial charge < -0.3 is 10.6 Å². The summed E-state index contributed by atoms with van der Waals surface area (Å²) in [4.78, 5) is 6.14. The maximum absolute atomic E-state index is 4.75. The Balaban J connectivity index is 1.58. The smallest absolute Gasteiger partial charge is 0.191 e. The molecular weight excluding hydrogens is 290 g/mol. The zero-order valence-electron chi connectivity index (χ0n) is 13.0. The van der Waals surface area contributed by atoms with Crippen LogP contribution in [0.5, 0.6) is 0 Å². The third-order valence-corrected chi connectivity index (χ3v) is 4.72. The lowest BCUT2D eigenvalue weighted by Crippen LogP contribution is -2.40. The van der Waals surface area contributed by atoms with E-state index in [1.165, 1.54) is 23.3 Å². The first-order valence-corrected chi connectivity index (χ1v) is 8.84. The van der Waals surface area contributed by atoms with E-state index in [0.717, 1.165) is 18.9 Å². The Morgan fingerprint density at radius 3 is 2.73 bits per heavy atom. The number of guanidine groups is 1. The van der Waals surface area contributed by atoms with E-state index in [4.69, 9.17) is 4.99 Å². The lowest BCUT2D eigenvalue weighted by Gasteiger charge is -2.18. The molecule has 0 spiro atoms. The summed E-state index contributed by atoms with van der Waals surface area (Å²) in [6.07, 6.45) is 3.52. The van der Waals surface area contributed by atoms with E-state index in [9.17, 15) is 0 Å². The predicted molar refractivity (Wildman–Crippen MR) is 94.5 cm³/mol. The monoisotopic (exact) mass is 313 g/mol. The molecule has 116 valence electrons. The molecular formula is C18H23N3S. The van der Waals surface area contributed by atoms with E-state index in [-0.39, 0.29) is 6.04 Å². The summed E-state index contributed by atoms with van der Waals surface area (Å²) in [6.45, 7) is 3.00. The minimum atomic E-state index is 0.257. The second kappa shape index (κ2) is 7.45. The Kier molecular flexibility index (Phi) is 5.11. The van der Waals surface area contributed by atoms with Gasteiger partial charge in [-0.05, 0) is 36.8 Å². The van der Waals surface area contributed by atoms with E-state index in [2.05, 4.69) is 65.4 Å². The Labute approximate surface area is 136 Å². The minimum Gasteiger partial charge on any atom is -0.354 e. The van der Waals surface area contributed by atoms with E-state index >= 15 is 0 Å². The van der Waals surface area contributed by atoms with Crippen molar-refractivity contribution in [2.75, 3.05) is 6.54 Å². The van der Waals surface area contributed by atoms with Gasteiger partial charge in [-0.3, -0.25) is 4.99 Å². The molecule has 3 rings (SSSR count). The van der Waals surface area contributed by atoms with Gasteiger partial charge in [0.05, 0.1) is 6.04 Å². The molecule has 0 bridgehead atoms. The van der Waals surface area contributed by atoms with Crippen molar-refractivity contribution in [2.24, 2.45) is 4.99 Å². The molecule has 1 aromatic heterocycles. The normalized spacial score (nSPS) is 16.3. The van der Waals surface area contributed by atoms with E-state index < -0.39 is 0 Å². The third kappa shape index (κ3) is 4.60. The van der Waals surface area contributed by atoms with E-state index in [1.54, 1.807) is 11.3 Å². The molecule has 4 heteroatoms. The van der Waals surface area contributed by atoms with Crippen LogP contribution in [0.4, 0.5) is 0 Å². The maximum Gasteiger partial charge on any atom is 0.191 e. The highest BCUT2D eigenvalue weighted by Crippen LogP contribution is 2.19. The molecule has 1 unspecified atom stereocenters. The van der Waals surface area contributed by atoms with Crippen LogP contribution >= 0.6 is 11.3 Å². The molecule has 1 atom stereocenters. The largest absolute Gasteiger partial charge is 0.354 e. The van der Waals surface area contributed by atoms with Crippen molar-refractivity contribution in [3.63, 3.8) is 0 Å². The molecule has 0 saturated heterocycles. The van der Waals surface area contributed by atoms with Gasteiger partial charge in [-0.1, -0.05) is 36.4 Å². The van der Waals surface area contributed by atoms with Crippen molar-refractivity contribution < 1.29 is 0 Å². The second-order valence-corrected chi connectivity index (χ2v) is 6.79. The number of nitrogens with zero attached hydrogens (tertiary/aromatic N) is 1. The van der Waals surface area contributed by atoms with Crippen molar-refractivity contribution in [2.45, 2.75) is 38.3 Å². The third-order valence-electron chi connectivity index (χ3n) is 3.78. The molecule has 1 heterocycles. The van der Waals surface area contributed by atoms with Gasteiger partial charge in [0.1, 0.15) is 0 Å². The number of benzene rings is 1. The second-order valence-electron chi connectivity index (χ2n) is 5.76. The fourth-order valence-electron chi connectivity index (χ4n) is 2.32. The lowest BCUT2D eigenvalue weighted by atomic mass is 10.1. The van der Waals surface area contributed by atoms with Gasteiger partial charge in [-0.2, -0.15) is 0 Å². The van der Waals surface area contributed by atoms with Crippen LogP contribution in [0.2, 0.25) is 0 Å². The molecule has 0 amide bonds. The van der Waals surface area contributed by atoms with Crippen LogP contribution in [0.3, 0.4) is 0 Å². The van der Waals surface area contributed by atoms with Crippen molar-refractivity contribution in [3.8, 4) is 0 Å². The predicted octanol–water partition coefficient (Wildman–Crippen LogP) is 3.75. The van der Waals surface area contributed by atoms with Gasteiger partial charge in [0.15, 0.2) is 5.96 Å². The summed E-state index contributed by atoms with van der Waals surface area (Å²) < 4.78 is 0. The highest BCUT2D eigenvalue weighted by molar-refractivity contribution is 7.09. The first kappa shape index (κ1) is 15.1. The highest BCUT2D eigenvalue weighted by Gasteiger charge is 2.23. The van der Waals surface area contributed by atoms with Crippen LogP contribution in [-0.4, -0.2) is 18.5 Å². The fraction of sp³-hybridized carbons (Fsp3) is 0.389. The molecule has 3 nitrogen and oxygen atoms in total. The van der Waals surface area contributed by atoms with Crippen molar-refractivity contribution >= 4 is 17.3 Å². The van der Waals surface area contributed by atoms with Crippen LogP contribution in [0.15, 0.2) is 52.8 Å². The average molecular weight is 313 g/mol. The highest BCUT2D eigenvalue weighted by atomic mass is 32.1. The molecule has 0 radical (unpaired) electrons. The Morgan fingerprint density at radius 1 is 1.23 bits per heavy atom. The molecule has 2 N–H and O–H groups in total. The Bertz CT molecular complexity index is 588. The Morgan fingerprint density at radius 2 is 2.05 bits per heavy atom. The molecule has 0 aliphatic heterocycles. The number of hydrogen-bond donors (Lipinski definition) is 2. The van der Waals surface area contributed by atoms with Gasteiger partial charge in [0, 0.05) is 23.9 Å². The van der Waals surface area contributed by atoms with E-state index in [0.29, 0.717) is 6.04 Å². The van der Waals surface area contributed by atoms with Gasteiger partial charge in [-0.25, -0.2) is 0 Å². The summed E-state index contributed by atoms with van der Waals surface area (Å²) in [7, 11) is 0. The minimum absolute atomic E-state index is 0.257. The number of rotatable bonds is 6. The number of aliphatic imine (C=N–C) groups is 1. The first-order chi connectivity index (χ1) is 10.8. The van der Waals surface area contributed by atoms with Crippen LogP contribution in [0.1, 0.15) is 36.2 Å². The summed E-state index contributed by atoms with van der Waals surface area (Å²) in [5, 5.41) is 9.16. The summed E-state index contributed by atoms with van der Waals surface area (Å²) >= 11 is 1.80.